The van der Waals surface area contributed by atoms with Crippen molar-refractivity contribution in [1.29, 1.82) is 0 Å². The fraction of sp³-hybridized carbons (Fsp3) is 0.844. The first kappa shape index (κ1) is 36.2. The molecule has 2 saturated heterocycles. The minimum absolute atomic E-state index is 0.0256. The molecule has 6 atom stereocenters. The molecule has 0 radical (unpaired) electrons. The lowest BCUT2D eigenvalue weighted by Gasteiger charge is -2.43. The molecular formula is C32H49Cl2N5O7S. The van der Waals surface area contributed by atoms with Crippen LogP contribution in [0.25, 0.3) is 0 Å². The van der Waals surface area contributed by atoms with Crippen LogP contribution in [0, 0.1) is 17.3 Å². The number of nitrogens with one attached hydrogen (secondary N) is 4. The van der Waals surface area contributed by atoms with E-state index in [4.69, 9.17) is 23.2 Å². The van der Waals surface area contributed by atoms with Gasteiger partial charge in [0, 0.05) is 24.4 Å². The average Bonchev–Trinajstić information content (AvgIpc) is 3.76. The van der Waals surface area contributed by atoms with Gasteiger partial charge in [0.2, 0.25) is 17.6 Å². The van der Waals surface area contributed by atoms with Crippen LogP contribution in [0.15, 0.2) is 0 Å². The lowest BCUT2D eigenvalue weighted by atomic mass is 9.78. The zero-order valence-electron chi connectivity index (χ0n) is 27.7. The summed E-state index contributed by atoms with van der Waals surface area (Å²) in [6.45, 7) is 7.29. The van der Waals surface area contributed by atoms with Gasteiger partial charge in [0.1, 0.15) is 16.4 Å². The number of ketones is 1. The molecular weight excluding hydrogens is 669 g/mol. The fourth-order valence-corrected chi connectivity index (χ4v) is 11.1. The highest BCUT2D eigenvalue weighted by atomic mass is 35.5. The van der Waals surface area contributed by atoms with Gasteiger partial charge in [0.05, 0.1) is 22.6 Å². The number of likely N-dealkylation sites (tertiary alicyclic amines) is 1. The molecule has 5 rings (SSSR count). The third-order valence-electron chi connectivity index (χ3n) is 10.7. The lowest BCUT2D eigenvalue weighted by Crippen LogP contribution is -2.65. The molecule has 12 nitrogen and oxygen atoms in total. The number of nitrogens with zero attached hydrogens (tertiary/aromatic N) is 1. The molecule has 2 aliphatic heterocycles. The number of hydrogen-bond acceptors (Lipinski definition) is 7. The highest BCUT2D eigenvalue weighted by Gasteiger charge is 2.74. The number of urea groups is 1. The van der Waals surface area contributed by atoms with E-state index in [-0.39, 0.29) is 24.8 Å². The number of fused-ring (bicyclic) bond motifs is 1. The van der Waals surface area contributed by atoms with E-state index in [1.165, 1.54) is 4.90 Å². The Labute approximate surface area is 287 Å². The van der Waals surface area contributed by atoms with E-state index >= 15 is 0 Å². The molecule has 3 saturated carbocycles. The van der Waals surface area contributed by atoms with Gasteiger partial charge < -0.3 is 26.2 Å². The summed E-state index contributed by atoms with van der Waals surface area (Å²) in [5, 5.41) is 10.6. The highest BCUT2D eigenvalue weighted by Crippen LogP contribution is 2.65. The summed E-state index contributed by atoms with van der Waals surface area (Å²) < 4.78 is 24.8. The van der Waals surface area contributed by atoms with Crippen LogP contribution < -0.4 is 21.3 Å². The van der Waals surface area contributed by atoms with Crippen molar-refractivity contribution in [3.05, 3.63) is 0 Å². The number of piperidine rings is 1. The van der Waals surface area contributed by atoms with E-state index in [9.17, 15) is 32.4 Å². The third kappa shape index (κ3) is 7.41. The monoisotopic (exact) mass is 717 g/mol. The first-order valence-electron chi connectivity index (χ1n) is 17.1. The van der Waals surface area contributed by atoms with Gasteiger partial charge >= 0.3 is 6.03 Å². The Morgan fingerprint density at radius 2 is 1.62 bits per heavy atom. The van der Waals surface area contributed by atoms with Crippen LogP contribution in [-0.4, -0.2) is 94.4 Å². The topological polar surface area (TPSA) is 171 Å². The van der Waals surface area contributed by atoms with Gasteiger partial charge in [-0.1, -0.05) is 53.4 Å². The molecule has 2 heterocycles. The summed E-state index contributed by atoms with van der Waals surface area (Å²) in [5.41, 5.74) is -1.72. The normalized spacial score (nSPS) is 30.0. The molecule has 15 heteroatoms. The van der Waals surface area contributed by atoms with Crippen LogP contribution in [0.2, 0.25) is 0 Å². The Morgan fingerprint density at radius 3 is 2.17 bits per heavy atom. The molecule has 3 aliphatic carbocycles. The molecule has 0 aromatic carbocycles. The second kappa shape index (κ2) is 13.3. The maximum Gasteiger partial charge on any atom is 0.315 e. The maximum atomic E-state index is 14.3. The van der Waals surface area contributed by atoms with Gasteiger partial charge in [-0.05, 0) is 50.4 Å². The molecule has 0 bridgehead atoms. The second-order valence-corrected chi connectivity index (χ2v) is 19.1. The number of amides is 5. The van der Waals surface area contributed by atoms with Crippen LogP contribution in [-0.2, 0) is 29.0 Å². The van der Waals surface area contributed by atoms with Crippen LogP contribution in [0.1, 0.15) is 98.3 Å². The first-order chi connectivity index (χ1) is 21.9. The van der Waals surface area contributed by atoms with Crippen LogP contribution in [0.3, 0.4) is 0 Å². The molecule has 0 unspecified atom stereocenters. The Bertz CT molecular complexity index is 1390. The van der Waals surface area contributed by atoms with Crippen molar-refractivity contribution in [1.82, 2.24) is 26.2 Å². The predicted octanol–water partition coefficient (Wildman–Crippen LogP) is 2.74. The quantitative estimate of drug-likeness (QED) is 0.188. The van der Waals surface area contributed by atoms with Crippen molar-refractivity contribution >= 4 is 62.6 Å². The predicted molar refractivity (Wildman–Crippen MR) is 177 cm³/mol. The molecule has 264 valence electrons. The number of rotatable bonds is 11. The average molecular weight is 719 g/mol. The fourth-order valence-electron chi connectivity index (χ4n) is 7.92. The molecule has 0 aromatic rings. The van der Waals surface area contributed by atoms with E-state index in [2.05, 4.69) is 21.3 Å². The number of Topliss-reactive ketones (excluding diaryl/α,β-unsaturated/α-hetero) is 1. The van der Waals surface area contributed by atoms with Crippen molar-refractivity contribution < 1.29 is 32.4 Å². The van der Waals surface area contributed by atoms with Crippen LogP contribution in [0.5, 0.6) is 0 Å². The molecule has 4 N–H and O–H groups in total. The SMILES string of the molecule is CCC[C@H](NC(=O)[C@@H]1[C@@H]2[C@H](CN1C(=O)[C@@H](NC(=O)NC1([C@H]3CCCS3(=O)=O)CCCCC1)C(C)(C)C)C2(Cl)Cl)C(=O)C(=O)NC1CC1. The summed E-state index contributed by atoms with van der Waals surface area (Å²) in [7, 11) is -3.37. The number of halogens is 2. The zero-order chi connectivity index (χ0) is 34.5. The minimum atomic E-state index is -3.37. The smallest absolute Gasteiger partial charge is 0.315 e. The maximum absolute atomic E-state index is 14.3. The Morgan fingerprint density at radius 1 is 0.957 bits per heavy atom. The Hall–Kier alpha value is -2.12. The zero-order valence-corrected chi connectivity index (χ0v) is 30.0. The number of carbonyl (C=O) groups is 5. The summed E-state index contributed by atoms with van der Waals surface area (Å²) >= 11 is 13.1. The number of carbonyl (C=O) groups excluding carboxylic acids is 5. The van der Waals surface area contributed by atoms with Gasteiger partial charge in [-0.15, -0.1) is 23.2 Å². The van der Waals surface area contributed by atoms with E-state index in [1.807, 2.05) is 6.92 Å². The van der Waals surface area contributed by atoms with Gasteiger partial charge in [-0.3, -0.25) is 19.2 Å². The van der Waals surface area contributed by atoms with Gasteiger partial charge in [-0.2, -0.15) is 0 Å². The summed E-state index contributed by atoms with van der Waals surface area (Å²) in [6.07, 6.45) is 7.04. The van der Waals surface area contributed by atoms with Crippen molar-refractivity contribution in [2.45, 2.75) is 138 Å². The number of sulfone groups is 1. The van der Waals surface area contributed by atoms with Gasteiger partial charge in [-0.25, -0.2) is 13.2 Å². The third-order valence-corrected chi connectivity index (χ3v) is 14.1. The number of alkyl halides is 2. The first-order valence-corrected chi connectivity index (χ1v) is 19.5. The molecule has 47 heavy (non-hydrogen) atoms. The Balaban J connectivity index is 1.34. The van der Waals surface area contributed by atoms with Crippen molar-refractivity contribution in [2.75, 3.05) is 12.3 Å². The second-order valence-electron chi connectivity index (χ2n) is 15.3. The van der Waals surface area contributed by atoms with Gasteiger partial charge in [0.15, 0.2) is 9.84 Å². The largest absolute Gasteiger partial charge is 0.347 e. The van der Waals surface area contributed by atoms with E-state index < -0.39 is 89.9 Å². The Kier molecular flexibility index (Phi) is 10.2. The van der Waals surface area contributed by atoms with Crippen LogP contribution >= 0.6 is 23.2 Å². The van der Waals surface area contributed by atoms with E-state index in [0.29, 0.717) is 32.1 Å². The lowest BCUT2D eigenvalue weighted by molar-refractivity contribution is -0.144. The minimum Gasteiger partial charge on any atom is -0.347 e. The summed E-state index contributed by atoms with van der Waals surface area (Å²) in [5.74, 6) is -3.53. The molecule has 5 fully saturated rings. The van der Waals surface area contributed by atoms with E-state index in [0.717, 1.165) is 32.1 Å². The molecule has 5 aliphatic rings. The summed E-state index contributed by atoms with van der Waals surface area (Å²) in [6, 6.07) is -3.95. The van der Waals surface area contributed by atoms with Crippen molar-refractivity contribution in [2.24, 2.45) is 17.3 Å². The standard InChI is InChI=1S/C32H49Cl2N5O7S/c1-5-10-20(24(40)27(42)35-18-12-13-18)36-26(41)23-22-19(32(22,33)34)17-39(23)28(43)25(30(2,3)4)37-29(44)38-31(14-7-6-8-15-31)21-11-9-16-47(21,45)46/h18-23,25H,5-17H2,1-4H3,(H,35,42)(H,36,41)(H2,37,38,44)/t19-,20-,21+,22-,23-,25+/m0/s1. The highest BCUT2D eigenvalue weighted by molar-refractivity contribution is 7.92. The molecule has 0 aromatic heterocycles. The molecule has 0 spiro atoms. The van der Waals surface area contributed by atoms with E-state index in [1.54, 1.807) is 20.8 Å². The molecule has 5 amide bonds. The van der Waals surface area contributed by atoms with Gasteiger partial charge in [0.25, 0.3) is 5.91 Å². The van der Waals surface area contributed by atoms with Crippen molar-refractivity contribution in [3.8, 4) is 0 Å². The number of hydrogen-bond donors (Lipinski definition) is 4. The summed E-state index contributed by atoms with van der Waals surface area (Å²) in [4.78, 5) is 68.8. The van der Waals surface area contributed by atoms with Crippen molar-refractivity contribution in [3.63, 3.8) is 0 Å². The van der Waals surface area contributed by atoms with Crippen LogP contribution in [0.4, 0.5) is 4.79 Å².